The minimum Gasteiger partial charge on any atom is -0.369 e. The van der Waals surface area contributed by atoms with E-state index < -0.39 is 0 Å². The van der Waals surface area contributed by atoms with Crippen LogP contribution in [0.4, 0.5) is 0 Å². The topological polar surface area (TPSA) is 89.2 Å². The molecular formula is C10H14N4O2S3. The van der Waals surface area contributed by atoms with E-state index in [9.17, 15) is 9.59 Å². The van der Waals surface area contributed by atoms with Crippen LogP contribution < -0.4 is 5.73 Å². The van der Waals surface area contributed by atoms with E-state index in [1.54, 1.807) is 0 Å². The smallest absolute Gasteiger partial charge is 0.233 e. The molecule has 9 heteroatoms. The molecule has 1 aromatic rings. The average Bonchev–Trinajstić information content (AvgIpc) is 3.04. The first-order valence-corrected chi connectivity index (χ1v) is 8.59. The Bertz CT molecular complexity index is 459. The van der Waals surface area contributed by atoms with Crippen LogP contribution in [0.5, 0.6) is 0 Å². The summed E-state index contributed by atoms with van der Waals surface area (Å²) in [6, 6.07) is 0. The zero-order valence-electron chi connectivity index (χ0n) is 10.2. The number of amides is 2. The van der Waals surface area contributed by atoms with Gasteiger partial charge in [0.15, 0.2) is 8.68 Å². The molecule has 2 heterocycles. The molecule has 1 saturated heterocycles. The summed E-state index contributed by atoms with van der Waals surface area (Å²) in [5.74, 6) is 0.379. The van der Waals surface area contributed by atoms with Gasteiger partial charge in [-0.1, -0.05) is 34.9 Å². The van der Waals surface area contributed by atoms with Crippen molar-refractivity contribution in [2.45, 2.75) is 21.5 Å². The van der Waals surface area contributed by atoms with Crippen LogP contribution in [-0.2, 0) is 9.59 Å². The summed E-state index contributed by atoms with van der Waals surface area (Å²) in [6.45, 7) is 1.74. The van der Waals surface area contributed by atoms with E-state index in [4.69, 9.17) is 5.73 Å². The van der Waals surface area contributed by atoms with Crippen molar-refractivity contribution in [3.8, 4) is 0 Å². The van der Waals surface area contributed by atoms with Crippen LogP contribution in [0, 0.1) is 0 Å². The molecule has 6 nitrogen and oxygen atoms in total. The summed E-state index contributed by atoms with van der Waals surface area (Å²) in [7, 11) is 0. The third kappa shape index (κ3) is 4.66. The van der Waals surface area contributed by atoms with Gasteiger partial charge in [0.05, 0.1) is 11.5 Å². The molecule has 2 rings (SSSR count). The van der Waals surface area contributed by atoms with Crippen LogP contribution in [0.1, 0.15) is 12.8 Å². The van der Waals surface area contributed by atoms with Gasteiger partial charge >= 0.3 is 0 Å². The fourth-order valence-electron chi connectivity index (χ4n) is 1.63. The molecule has 2 N–H and O–H groups in total. The number of thioether (sulfide) groups is 2. The molecule has 1 aromatic heterocycles. The number of nitrogens with two attached hydrogens (primary N) is 1. The number of likely N-dealkylation sites (tertiary alicyclic amines) is 1. The van der Waals surface area contributed by atoms with Crippen molar-refractivity contribution >= 4 is 46.7 Å². The van der Waals surface area contributed by atoms with Crippen LogP contribution in [-0.4, -0.2) is 51.5 Å². The molecule has 0 aliphatic carbocycles. The second kappa shape index (κ2) is 7.11. The lowest BCUT2D eigenvalue weighted by Crippen LogP contribution is -2.29. The lowest BCUT2D eigenvalue weighted by Gasteiger charge is -2.13. The van der Waals surface area contributed by atoms with Gasteiger partial charge in [-0.05, 0) is 12.8 Å². The number of carbonyl (C=O) groups excluding carboxylic acids is 2. The molecule has 0 bridgehead atoms. The maximum absolute atomic E-state index is 11.8. The highest BCUT2D eigenvalue weighted by atomic mass is 32.2. The zero-order chi connectivity index (χ0) is 13.7. The maximum atomic E-state index is 11.8. The number of hydrogen-bond acceptors (Lipinski definition) is 7. The van der Waals surface area contributed by atoms with Crippen molar-refractivity contribution < 1.29 is 9.59 Å². The van der Waals surface area contributed by atoms with Crippen molar-refractivity contribution in [1.82, 2.24) is 15.1 Å². The highest BCUT2D eigenvalue weighted by Gasteiger charge is 2.18. The van der Waals surface area contributed by atoms with Gasteiger partial charge in [-0.2, -0.15) is 0 Å². The summed E-state index contributed by atoms with van der Waals surface area (Å²) in [5, 5.41) is 7.92. The van der Waals surface area contributed by atoms with Crippen molar-refractivity contribution in [2.75, 3.05) is 24.6 Å². The van der Waals surface area contributed by atoms with E-state index in [1.165, 1.54) is 34.9 Å². The second-order valence-electron chi connectivity index (χ2n) is 3.97. The number of nitrogens with zero attached hydrogens (tertiary/aromatic N) is 3. The Morgan fingerprint density at radius 3 is 2.32 bits per heavy atom. The Morgan fingerprint density at radius 1 is 1.16 bits per heavy atom. The molecule has 1 aliphatic rings. The van der Waals surface area contributed by atoms with Gasteiger partial charge in [-0.15, -0.1) is 10.2 Å². The molecule has 19 heavy (non-hydrogen) atoms. The monoisotopic (exact) mass is 318 g/mol. The van der Waals surface area contributed by atoms with Crippen LogP contribution in [0.25, 0.3) is 0 Å². The number of hydrogen-bond donors (Lipinski definition) is 1. The summed E-state index contributed by atoms with van der Waals surface area (Å²) < 4.78 is 1.45. The van der Waals surface area contributed by atoms with Gasteiger partial charge < -0.3 is 10.6 Å². The lowest BCUT2D eigenvalue weighted by atomic mass is 10.4. The highest BCUT2D eigenvalue weighted by Crippen LogP contribution is 2.28. The van der Waals surface area contributed by atoms with Crippen molar-refractivity contribution in [3.05, 3.63) is 0 Å². The minimum absolute atomic E-state index is 0.157. The molecule has 0 saturated carbocycles. The first kappa shape index (κ1) is 14.6. The van der Waals surface area contributed by atoms with Crippen molar-refractivity contribution in [3.63, 3.8) is 0 Å². The first-order valence-electron chi connectivity index (χ1n) is 5.80. The summed E-state index contributed by atoms with van der Waals surface area (Å²) >= 11 is 4.05. The fraction of sp³-hybridized carbons (Fsp3) is 0.600. The van der Waals surface area contributed by atoms with Crippen LogP contribution >= 0.6 is 34.9 Å². The summed E-state index contributed by atoms with van der Waals surface area (Å²) in [6.07, 6.45) is 2.20. The highest BCUT2D eigenvalue weighted by molar-refractivity contribution is 8.03. The number of carbonyl (C=O) groups is 2. The molecule has 0 atom stereocenters. The molecule has 104 valence electrons. The van der Waals surface area contributed by atoms with Gasteiger partial charge in [-0.25, -0.2) is 0 Å². The van der Waals surface area contributed by atoms with Gasteiger partial charge in [0.25, 0.3) is 0 Å². The zero-order valence-corrected chi connectivity index (χ0v) is 12.7. The Labute approximate surface area is 123 Å². The molecule has 1 aliphatic heterocycles. The molecule has 2 amide bonds. The minimum atomic E-state index is -0.376. The summed E-state index contributed by atoms with van der Waals surface area (Å²) in [5.41, 5.74) is 5.06. The Hall–Kier alpha value is -0.800. The van der Waals surface area contributed by atoms with Gasteiger partial charge in [0.2, 0.25) is 11.8 Å². The predicted molar refractivity (Wildman–Crippen MR) is 76.4 cm³/mol. The largest absolute Gasteiger partial charge is 0.369 e. The van der Waals surface area contributed by atoms with Crippen LogP contribution in [0.3, 0.4) is 0 Å². The van der Waals surface area contributed by atoms with Gasteiger partial charge in [0.1, 0.15) is 0 Å². The number of primary amides is 1. The Kier molecular flexibility index (Phi) is 5.46. The van der Waals surface area contributed by atoms with Crippen LogP contribution in [0.2, 0.25) is 0 Å². The molecule has 0 aromatic carbocycles. The second-order valence-corrected chi connectivity index (χ2v) is 7.39. The van der Waals surface area contributed by atoms with Crippen LogP contribution in [0.15, 0.2) is 8.68 Å². The van der Waals surface area contributed by atoms with Crippen molar-refractivity contribution in [2.24, 2.45) is 5.73 Å². The molecule has 0 spiro atoms. The van der Waals surface area contributed by atoms with E-state index in [-0.39, 0.29) is 17.6 Å². The van der Waals surface area contributed by atoms with E-state index in [1.807, 2.05) is 4.90 Å². The quantitative estimate of drug-likeness (QED) is 0.782. The standard InChI is InChI=1S/C10H14N4O2S3/c11-7(15)5-17-9-12-13-10(19-9)18-6-8(16)14-3-1-2-4-14/h1-6H2,(H2,11,15). The van der Waals surface area contributed by atoms with E-state index in [0.717, 1.165) is 30.3 Å². The number of aromatic nitrogens is 2. The molecule has 1 fully saturated rings. The summed E-state index contributed by atoms with van der Waals surface area (Å²) in [4.78, 5) is 24.4. The van der Waals surface area contributed by atoms with Gasteiger partial charge in [0, 0.05) is 13.1 Å². The number of rotatable bonds is 6. The van der Waals surface area contributed by atoms with Crippen molar-refractivity contribution in [1.29, 1.82) is 0 Å². The third-order valence-electron chi connectivity index (χ3n) is 2.50. The van der Waals surface area contributed by atoms with E-state index in [2.05, 4.69) is 10.2 Å². The fourth-order valence-corrected chi connectivity index (χ4v) is 4.29. The van der Waals surface area contributed by atoms with Gasteiger partial charge in [-0.3, -0.25) is 9.59 Å². The normalized spacial score (nSPS) is 14.8. The Balaban J connectivity index is 1.76. The average molecular weight is 318 g/mol. The first-order chi connectivity index (χ1) is 9.15. The molecule has 0 unspecified atom stereocenters. The SMILES string of the molecule is NC(=O)CSc1nnc(SCC(=O)N2CCCC2)s1. The van der Waals surface area contributed by atoms with E-state index >= 15 is 0 Å². The third-order valence-corrected chi connectivity index (χ3v) is 5.70. The molecule has 0 radical (unpaired) electrons. The maximum Gasteiger partial charge on any atom is 0.233 e. The lowest BCUT2D eigenvalue weighted by molar-refractivity contribution is -0.127. The predicted octanol–water partition coefficient (Wildman–Crippen LogP) is 0.830. The molecular weight excluding hydrogens is 304 g/mol. The van der Waals surface area contributed by atoms with E-state index in [0.29, 0.717) is 10.1 Å². The Morgan fingerprint density at radius 2 is 1.74 bits per heavy atom.